The molecule has 1 aliphatic rings. The third-order valence-electron chi connectivity index (χ3n) is 6.40. The van der Waals surface area contributed by atoms with Crippen molar-refractivity contribution in [3.05, 3.63) is 70.9 Å². The van der Waals surface area contributed by atoms with Gasteiger partial charge in [0.25, 0.3) is 5.69 Å². The van der Waals surface area contributed by atoms with Crippen molar-refractivity contribution < 1.29 is 9.72 Å². The Labute approximate surface area is 218 Å². The number of amides is 1. The Morgan fingerprint density at radius 3 is 2.61 bits per heavy atom. The van der Waals surface area contributed by atoms with Gasteiger partial charge in [-0.05, 0) is 50.4 Å². The van der Waals surface area contributed by atoms with Crippen LogP contribution >= 0.6 is 0 Å². The van der Waals surface area contributed by atoms with Gasteiger partial charge in [0.05, 0.1) is 10.4 Å². The number of aromatic nitrogens is 4. The second-order valence-electron chi connectivity index (χ2n) is 9.13. The number of anilines is 4. The van der Waals surface area contributed by atoms with Crippen molar-refractivity contribution in [3.63, 3.8) is 0 Å². The van der Waals surface area contributed by atoms with Crippen molar-refractivity contribution in [1.82, 2.24) is 25.1 Å². The van der Waals surface area contributed by atoms with Crippen LogP contribution in [0, 0.1) is 17.0 Å². The van der Waals surface area contributed by atoms with Gasteiger partial charge in [-0.1, -0.05) is 6.58 Å². The molecule has 4 aromatic rings. The van der Waals surface area contributed by atoms with Gasteiger partial charge in [-0.3, -0.25) is 20.0 Å². The predicted octanol–water partition coefficient (Wildman–Crippen LogP) is 3.86. The molecule has 0 saturated carbocycles. The number of carbonyl (C=O) groups excluding carboxylic acids is 1. The Morgan fingerprint density at radius 1 is 1.13 bits per heavy atom. The highest BCUT2D eigenvalue weighted by Gasteiger charge is 2.20. The van der Waals surface area contributed by atoms with Crippen LogP contribution < -0.4 is 15.5 Å². The third-order valence-corrected chi connectivity index (χ3v) is 6.40. The zero-order chi connectivity index (χ0) is 26.8. The molecule has 0 spiro atoms. The first-order valence-electron chi connectivity index (χ1n) is 12.1. The summed E-state index contributed by atoms with van der Waals surface area (Å²) in [7, 11) is 2.11. The largest absolute Gasteiger partial charge is 0.369 e. The fourth-order valence-corrected chi connectivity index (χ4v) is 4.32. The van der Waals surface area contributed by atoms with Crippen LogP contribution in [-0.4, -0.2) is 69.1 Å². The van der Waals surface area contributed by atoms with E-state index in [1.165, 1.54) is 12.1 Å². The minimum atomic E-state index is -0.555. The summed E-state index contributed by atoms with van der Waals surface area (Å²) in [5.74, 6) is 0.866. The molecule has 1 amide bonds. The summed E-state index contributed by atoms with van der Waals surface area (Å²) < 4.78 is 0. The fraction of sp³-hybridized carbons (Fsp3) is 0.231. The van der Waals surface area contributed by atoms with Crippen molar-refractivity contribution in [1.29, 1.82) is 0 Å². The molecule has 0 bridgehead atoms. The first-order chi connectivity index (χ1) is 18.3. The number of nitrogens with one attached hydrogen (secondary N) is 3. The van der Waals surface area contributed by atoms with Crippen molar-refractivity contribution in [2.24, 2.45) is 0 Å². The zero-order valence-electron chi connectivity index (χ0n) is 21.1. The second-order valence-corrected chi connectivity index (χ2v) is 9.13. The van der Waals surface area contributed by atoms with Crippen LogP contribution in [0.25, 0.3) is 22.3 Å². The topological polar surface area (TPSA) is 145 Å². The maximum Gasteiger partial charge on any atom is 0.293 e. The molecule has 0 aliphatic carbocycles. The van der Waals surface area contributed by atoms with E-state index in [-0.39, 0.29) is 11.4 Å². The smallest absolute Gasteiger partial charge is 0.293 e. The van der Waals surface area contributed by atoms with Crippen molar-refractivity contribution in [2.45, 2.75) is 6.92 Å². The first-order valence-corrected chi connectivity index (χ1v) is 12.1. The van der Waals surface area contributed by atoms with Gasteiger partial charge in [0.1, 0.15) is 11.5 Å². The maximum absolute atomic E-state index is 11.8. The predicted molar refractivity (Wildman–Crippen MR) is 147 cm³/mol. The molecule has 3 N–H and O–H groups in total. The molecule has 0 atom stereocenters. The van der Waals surface area contributed by atoms with Crippen molar-refractivity contribution in [3.8, 4) is 11.4 Å². The van der Waals surface area contributed by atoms with Gasteiger partial charge >= 0.3 is 0 Å². The quantitative estimate of drug-likeness (QED) is 0.190. The molecular formula is C26H27N9O3. The number of benzene rings is 2. The van der Waals surface area contributed by atoms with Gasteiger partial charge in [-0.15, -0.1) is 0 Å². The van der Waals surface area contributed by atoms with Crippen LogP contribution in [0.1, 0.15) is 5.69 Å². The summed E-state index contributed by atoms with van der Waals surface area (Å²) in [5, 5.41) is 25.5. The SMILES string of the molecule is C=CC(=O)Nc1ccc(-c2nc(Nc3cc(C)[nH]n3)c3ccc(N4CCN(C)CC4)cc3n2)cc1[N+](=O)[O-]. The van der Waals surface area contributed by atoms with Crippen LogP contribution in [0.5, 0.6) is 0 Å². The molecular weight excluding hydrogens is 486 g/mol. The Balaban J connectivity index is 1.61. The molecule has 1 fully saturated rings. The zero-order valence-corrected chi connectivity index (χ0v) is 21.1. The highest BCUT2D eigenvalue weighted by molar-refractivity contribution is 6.01. The fourth-order valence-electron chi connectivity index (χ4n) is 4.32. The van der Waals surface area contributed by atoms with E-state index >= 15 is 0 Å². The number of fused-ring (bicyclic) bond motifs is 1. The van der Waals surface area contributed by atoms with E-state index in [0.29, 0.717) is 28.5 Å². The molecule has 2 aromatic carbocycles. The Bertz CT molecular complexity index is 1540. The molecule has 38 heavy (non-hydrogen) atoms. The van der Waals surface area contributed by atoms with Crippen LogP contribution in [0.3, 0.4) is 0 Å². The molecule has 12 heteroatoms. The average molecular weight is 514 g/mol. The molecule has 0 unspecified atom stereocenters. The Morgan fingerprint density at radius 2 is 1.92 bits per heavy atom. The number of aryl methyl sites for hydroxylation is 1. The number of nitrogens with zero attached hydrogens (tertiary/aromatic N) is 6. The molecule has 3 heterocycles. The Kier molecular flexibility index (Phi) is 6.71. The van der Waals surface area contributed by atoms with Gasteiger partial charge in [0, 0.05) is 60.6 Å². The van der Waals surface area contributed by atoms with Crippen molar-refractivity contribution in [2.75, 3.05) is 48.8 Å². The highest BCUT2D eigenvalue weighted by Crippen LogP contribution is 2.33. The van der Waals surface area contributed by atoms with E-state index in [2.05, 4.69) is 50.3 Å². The summed E-state index contributed by atoms with van der Waals surface area (Å²) in [5.41, 5.74) is 2.84. The lowest BCUT2D eigenvalue weighted by molar-refractivity contribution is -0.383. The molecule has 1 aliphatic heterocycles. The third kappa shape index (κ3) is 5.15. The second kappa shape index (κ2) is 10.3. The summed E-state index contributed by atoms with van der Waals surface area (Å²) in [4.78, 5) is 37.1. The number of hydrogen-bond donors (Lipinski definition) is 3. The number of hydrogen-bond acceptors (Lipinski definition) is 9. The number of piperazine rings is 1. The number of aromatic amines is 1. The van der Waals surface area contributed by atoms with Gasteiger partial charge in [-0.2, -0.15) is 5.10 Å². The molecule has 194 valence electrons. The minimum absolute atomic E-state index is 0.0622. The lowest BCUT2D eigenvalue weighted by atomic mass is 10.1. The van der Waals surface area contributed by atoms with E-state index in [4.69, 9.17) is 9.97 Å². The van der Waals surface area contributed by atoms with Crippen LogP contribution in [0.15, 0.2) is 55.1 Å². The van der Waals surface area contributed by atoms with Crippen LogP contribution in [0.2, 0.25) is 0 Å². The molecule has 1 saturated heterocycles. The normalized spacial score (nSPS) is 13.9. The van der Waals surface area contributed by atoms with Crippen LogP contribution in [0.4, 0.5) is 28.7 Å². The van der Waals surface area contributed by atoms with Gasteiger partial charge in [-0.25, -0.2) is 9.97 Å². The summed E-state index contributed by atoms with van der Waals surface area (Å²) >= 11 is 0. The molecule has 12 nitrogen and oxygen atoms in total. The maximum atomic E-state index is 11.8. The average Bonchev–Trinajstić information content (AvgIpc) is 3.32. The number of rotatable bonds is 7. The summed E-state index contributed by atoms with van der Waals surface area (Å²) in [6.45, 7) is 9.04. The first kappa shape index (κ1) is 24.8. The number of likely N-dealkylation sites (N-methyl/N-ethyl adjacent to an activating group) is 1. The number of carbonyl (C=O) groups is 1. The van der Waals surface area contributed by atoms with E-state index in [9.17, 15) is 14.9 Å². The molecule has 5 rings (SSSR count). The number of nitro groups is 1. The lowest BCUT2D eigenvalue weighted by Gasteiger charge is -2.34. The summed E-state index contributed by atoms with van der Waals surface area (Å²) in [6.07, 6.45) is 1.05. The van der Waals surface area contributed by atoms with E-state index in [1.54, 1.807) is 6.07 Å². The van der Waals surface area contributed by atoms with Crippen molar-refractivity contribution >= 4 is 45.5 Å². The van der Waals surface area contributed by atoms with Gasteiger partial charge in [0.15, 0.2) is 11.6 Å². The van der Waals surface area contributed by atoms with Gasteiger partial charge < -0.3 is 20.4 Å². The monoisotopic (exact) mass is 513 g/mol. The molecule has 0 radical (unpaired) electrons. The summed E-state index contributed by atoms with van der Waals surface area (Å²) in [6, 6.07) is 12.4. The van der Waals surface area contributed by atoms with E-state index in [1.807, 2.05) is 25.1 Å². The van der Waals surface area contributed by atoms with Crippen LogP contribution in [-0.2, 0) is 4.79 Å². The van der Waals surface area contributed by atoms with E-state index in [0.717, 1.165) is 49.0 Å². The highest BCUT2D eigenvalue weighted by atomic mass is 16.6. The number of nitro benzene ring substituents is 1. The van der Waals surface area contributed by atoms with Gasteiger partial charge in [0.2, 0.25) is 5.91 Å². The minimum Gasteiger partial charge on any atom is -0.369 e. The lowest BCUT2D eigenvalue weighted by Crippen LogP contribution is -2.44. The van der Waals surface area contributed by atoms with E-state index < -0.39 is 10.8 Å². The number of H-pyrrole nitrogens is 1. The Hall–Kier alpha value is -4.84. The molecule has 2 aromatic heterocycles. The standard InChI is InChI=1S/C26H27N9O3/c1-4-24(36)27-20-8-5-17(14-22(20)35(37)38)25-28-21-15-18(34-11-9-33(3)10-12-34)6-7-19(21)26(30-25)29-23-13-16(2)31-32-23/h4-8,13-15H,1,9-12H2,2-3H3,(H,27,36)(H2,28,29,30,31,32).